The first-order valence-electron chi connectivity index (χ1n) is 7.35. The predicted octanol–water partition coefficient (Wildman–Crippen LogP) is 3.19. The molecule has 0 aromatic heterocycles. The van der Waals surface area contributed by atoms with Gasteiger partial charge in [-0.3, -0.25) is 0 Å². The third-order valence-corrected chi connectivity index (χ3v) is 4.07. The van der Waals surface area contributed by atoms with Crippen molar-refractivity contribution >= 4 is 11.7 Å². The van der Waals surface area contributed by atoms with Crippen LogP contribution in [0.25, 0.3) is 0 Å². The first kappa shape index (κ1) is 14.9. The lowest BCUT2D eigenvalue weighted by Crippen LogP contribution is -2.36. The molecule has 1 heterocycles. The molecular formula is C16H25N3O. The highest BCUT2D eigenvalue weighted by molar-refractivity contribution is 5.89. The van der Waals surface area contributed by atoms with Crippen LogP contribution >= 0.6 is 0 Å². The number of hydrogen-bond acceptors (Lipinski definition) is 2. The molecular weight excluding hydrogens is 250 g/mol. The van der Waals surface area contributed by atoms with Gasteiger partial charge in [-0.1, -0.05) is 26.0 Å². The molecule has 3 N–H and O–H groups in total. The second kappa shape index (κ2) is 6.27. The average molecular weight is 275 g/mol. The van der Waals surface area contributed by atoms with E-state index in [-0.39, 0.29) is 6.03 Å². The maximum absolute atomic E-state index is 12.3. The van der Waals surface area contributed by atoms with Gasteiger partial charge in [0.1, 0.15) is 0 Å². The summed E-state index contributed by atoms with van der Waals surface area (Å²) in [5.41, 5.74) is 7.81. The van der Waals surface area contributed by atoms with E-state index in [1.54, 1.807) is 0 Å². The zero-order valence-corrected chi connectivity index (χ0v) is 12.5. The highest BCUT2D eigenvalue weighted by atomic mass is 16.2. The Hall–Kier alpha value is -1.55. The molecule has 0 aliphatic carbocycles. The van der Waals surface area contributed by atoms with E-state index in [9.17, 15) is 4.79 Å². The van der Waals surface area contributed by atoms with Crippen molar-refractivity contribution in [1.29, 1.82) is 0 Å². The normalized spacial score (nSPS) is 18.4. The van der Waals surface area contributed by atoms with Crippen LogP contribution in [-0.4, -0.2) is 24.0 Å². The molecule has 2 amide bonds. The second-order valence-electron chi connectivity index (χ2n) is 6.34. The van der Waals surface area contributed by atoms with Crippen molar-refractivity contribution < 1.29 is 4.79 Å². The van der Waals surface area contributed by atoms with Crippen molar-refractivity contribution in [2.75, 3.05) is 18.4 Å². The molecule has 0 radical (unpaired) electrons. The molecule has 0 unspecified atom stereocenters. The summed E-state index contributed by atoms with van der Waals surface area (Å²) >= 11 is 0. The molecule has 1 aliphatic rings. The molecule has 0 saturated carbocycles. The van der Waals surface area contributed by atoms with E-state index in [2.05, 4.69) is 19.2 Å². The molecule has 2 rings (SSSR count). The number of nitrogens with one attached hydrogen (secondary N) is 1. The van der Waals surface area contributed by atoms with Gasteiger partial charge in [-0.2, -0.15) is 0 Å². The second-order valence-corrected chi connectivity index (χ2v) is 6.34. The summed E-state index contributed by atoms with van der Waals surface area (Å²) in [4.78, 5) is 14.2. The van der Waals surface area contributed by atoms with Crippen molar-refractivity contribution in [3.63, 3.8) is 0 Å². The minimum atomic E-state index is 0.00296. The fourth-order valence-corrected chi connectivity index (χ4v) is 2.55. The highest BCUT2D eigenvalue weighted by Crippen LogP contribution is 2.29. The van der Waals surface area contributed by atoms with Gasteiger partial charge in [0.05, 0.1) is 0 Å². The summed E-state index contributed by atoms with van der Waals surface area (Å²) in [6, 6.07) is 7.70. The van der Waals surface area contributed by atoms with Crippen LogP contribution in [0, 0.1) is 5.41 Å². The molecule has 1 aromatic rings. The zero-order valence-electron chi connectivity index (χ0n) is 12.5. The van der Waals surface area contributed by atoms with Gasteiger partial charge < -0.3 is 16.0 Å². The first-order chi connectivity index (χ1) is 9.50. The van der Waals surface area contributed by atoms with Crippen LogP contribution in [0.1, 0.15) is 38.7 Å². The fourth-order valence-electron chi connectivity index (χ4n) is 2.55. The Balaban J connectivity index is 1.93. The minimum Gasteiger partial charge on any atom is -0.326 e. The van der Waals surface area contributed by atoms with Gasteiger partial charge in [-0.25, -0.2) is 4.79 Å². The number of anilines is 1. The molecule has 0 atom stereocenters. The topological polar surface area (TPSA) is 58.4 Å². The van der Waals surface area contributed by atoms with Gasteiger partial charge in [-0.05, 0) is 42.4 Å². The van der Waals surface area contributed by atoms with Gasteiger partial charge in [0.2, 0.25) is 0 Å². The van der Waals surface area contributed by atoms with Crippen LogP contribution in [0.5, 0.6) is 0 Å². The van der Waals surface area contributed by atoms with Crippen LogP contribution in [-0.2, 0) is 6.54 Å². The van der Waals surface area contributed by atoms with Gasteiger partial charge in [-0.15, -0.1) is 0 Å². The summed E-state index contributed by atoms with van der Waals surface area (Å²) < 4.78 is 0. The Morgan fingerprint density at radius 1 is 1.25 bits per heavy atom. The third kappa shape index (κ3) is 3.97. The number of benzene rings is 1. The van der Waals surface area contributed by atoms with Crippen molar-refractivity contribution in [3.8, 4) is 0 Å². The van der Waals surface area contributed by atoms with Gasteiger partial charge in [0, 0.05) is 25.3 Å². The van der Waals surface area contributed by atoms with Crippen molar-refractivity contribution in [2.24, 2.45) is 11.1 Å². The van der Waals surface area contributed by atoms with E-state index in [1.165, 1.54) is 6.42 Å². The van der Waals surface area contributed by atoms with Crippen molar-refractivity contribution in [2.45, 2.75) is 39.7 Å². The summed E-state index contributed by atoms with van der Waals surface area (Å²) in [5.74, 6) is 0. The summed E-state index contributed by atoms with van der Waals surface area (Å²) in [6.45, 7) is 6.76. The number of amides is 2. The molecule has 1 saturated heterocycles. The maximum atomic E-state index is 12.3. The van der Waals surface area contributed by atoms with E-state index in [4.69, 9.17) is 5.73 Å². The number of rotatable bonds is 2. The molecule has 20 heavy (non-hydrogen) atoms. The molecule has 1 aromatic carbocycles. The van der Waals surface area contributed by atoms with Gasteiger partial charge >= 0.3 is 6.03 Å². The Labute approximate surface area is 121 Å². The van der Waals surface area contributed by atoms with Crippen LogP contribution in [0.3, 0.4) is 0 Å². The van der Waals surface area contributed by atoms with Gasteiger partial charge in [0.25, 0.3) is 0 Å². The molecule has 1 aliphatic heterocycles. The van der Waals surface area contributed by atoms with Gasteiger partial charge in [0.15, 0.2) is 0 Å². The molecule has 0 spiro atoms. The number of nitrogens with two attached hydrogens (primary N) is 1. The van der Waals surface area contributed by atoms with Crippen LogP contribution in [0.2, 0.25) is 0 Å². The fraction of sp³-hybridized carbons (Fsp3) is 0.562. The zero-order chi connectivity index (χ0) is 14.6. The SMILES string of the molecule is CC1(C)CCCN(C(=O)Nc2ccc(CN)cc2)CC1. The average Bonchev–Trinajstić information content (AvgIpc) is 2.60. The predicted molar refractivity (Wildman–Crippen MR) is 82.6 cm³/mol. The minimum absolute atomic E-state index is 0.00296. The lowest BCUT2D eigenvalue weighted by Gasteiger charge is -2.23. The Bertz CT molecular complexity index is 453. The van der Waals surface area contributed by atoms with E-state index in [0.717, 1.165) is 37.2 Å². The standard InChI is InChI=1S/C16H25N3O/c1-16(2)8-3-10-19(11-9-16)15(20)18-14-6-4-13(12-17)5-7-14/h4-7H,3,8-12,17H2,1-2H3,(H,18,20). The van der Waals surface area contributed by atoms with Crippen LogP contribution in [0.15, 0.2) is 24.3 Å². The smallest absolute Gasteiger partial charge is 0.321 e. The number of urea groups is 1. The molecule has 110 valence electrons. The lowest BCUT2D eigenvalue weighted by atomic mass is 9.85. The molecule has 0 bridgehead atoms. The van der Waals surface area contributed by atoms with E-state index in [1.807, 2.05) is 29.2 Å². The quantitative estimate of drug-likeness (QED) is 0.871. The monoisotopic (exact) mass is 275 g/mol. The van der Waals surface area contributed by atoms with Crippen molar-refractivity contribution in [3.05, 3.63) is 29.8 Å². The van der Waals surface area contributed by atoms with E-state index < -0.39 is 0 Å². The largest absolute Gasteiger partial charge is 0.326 e. The summed E-state index contributed by atoms with van der Waals surface area (Å²) in [6.07, 6.45) is 3.32. The van der Waals surface area contributed by atoms with E-state index >= 15 is 0 Å². The number of carbonyl (C=O) groups excluding carboxylic acids is 1. The van der Waals surface area contributed by atoms with Crippen LogP contribution in [0.4, 0.5) is 10.5 Å². The van der Waals surface area contributed by atoms with Crippen LogP contribution < -0.4 is 11.1 Å². The third-order valence-electron chi connectivity index (χ3n) is 4.07. The van der Waals surface area contributed by atoms with Crippen molar-refractivity contribution in [1.82, 2.24) is 4.90 Å². The number of likely N-dealkylation sites (tertiary alicyclic amines) is 1. The first-order valence-corrected chi connectivity index (χ1v) is 7.35. The molecule has 4 heteroatoms. The molecule has 4 nitrogen and oxygen atoms in total. The number of nitrogens with zero attached hydrogens (tertiary/aromatic N) is 1. The summed E-state index contributed by atoms with van der Waals surface area (Å²) in [5, 5.41) is 2.96. The Morgan fingerprint density at radius 2 is 1.95 bits per heavy atom. The molecule has 1 fully saturated rings. The Morgan fingerprint density at radius 3 is 2.60 bits per heavy atom. The summed E-state index contributed by atoms with van der Waals surface area (Å²) in [7, 11) is 0. The number of carbonyl (C=O) groups is 1. The Kier molecular flexibility index (Phi) is 4.65. The van der Waals surface area contributed by atoms with E-state index in [0.29, 0.717) is 12.0 Å². The lowest BCUT2D eigenvalue weighted by molar-refractivity contribution is 0.211. The highest BCUT2D eigenvalue weighted by Gasteiger charge is 2.25. The number of hydrogen-bond donors (Lipinski definition) is 2. The maximum Gasteiger partial charge on any atom is 0.321 e.